The largest absolute Gasteiger partial charge is 0.477 e. The van der Waals surface area contributed by atoms with E-state index in [1.165, 1.54) is 23.1 Å². The lowest BCUT2D eigenvalue weighted by Crippen LogP contribution is -2.70. The fraction of sp³-hybridized carbons (Fsp3) is 0.333. The van der Waals surface area contributed by atoms with Gasteiger partial charge in [0.15, 0.2) is 0 Å². The van der Waals surface area contributed by atoms with E-state index < -0.39 is 29.4 Å². The van der Waals surface area contributed by atoms with Gasteiger partial charge in [0.2, 0.25) is 5.91 Å². The number of carbonyl (C=O) groups excluding carboxylic acids is 3. The Labute approximate surface area is 156 Å². The van der Waals surface area contributed by atoms with Crippen LogP contribution in [0.1, 0.15) is 4.88 Å². The Morgan fingerprint density at radius 3 is 2.81 bits per heavy atom. The number of aliphatic carboxylic acids is 1. The van der Waals surface area contributed by atoms with Gasteiger partial charge in [-0.05, 0) is 11.4 Å². The maximum absolute atomic E-state index is 12.4. The highest BCUT2D eigenvalue weighted by Crippen LogP contribution is 2.40. The standard InChI is InChI=1S/C15H15N3O6S2/c16-15(23)24-5-7-6-26-13-10(12(20)18(13)11(7)14(21)22)17-9(19)4-8-2-1-3-25-8/h1-3,10,13H,4-6H2,(H2,16,23)(H,17,19)(H,21,22)/t10-,13+/m0/s1. The zero-order valence-corrected chi connectivity index (χ0v) is 15.0. The second-order valence-corrected chi connectivity index (χ2v) is 7.71. The number of nitrogens with zero attached hydrogens (tertiary/aromatic N) is 1. The lowest BCUT2D eigenvalue weighted by atomic mass is 10.0. The summed E-state index contributed by atoms with van der Waals surface area (Å²) < 4.78 is 4.65. The molecular formula is C15H15N3O6S2. The van der Waals surface area contributed by atoms with Gasteiger partial charge in [-0.2, -0.15) is 0 Å². The minimum absolute atomic E-state index is 0.165. The van der Waals surface area contributed by atoms with E-state index in [1.807, 2.05) is 17.5 Å². The Kier molecular flexibility index (Phi) is 5.18. The molecule has 0 aliphatic carbocycles. The van der Waals surface area contributed by atoms with Crippen LogP contribution in [0.3, 0.4) is 0 Å². The highest BCUT2D eigenvalue weighted by atomic mass is 32.2. The number of primary amides is 1. The summed E-state index contributed by atoms with van der Waals surface area (Å²) in [6.45, 7) is -0.296. The molecule has 1 aromatic heterocycles. The monoisotopic (exact) mass is 397 g/mol. The molecule has 4 N–H and O–H groups in total. The predicted octanol–water partition coefficient (Wildman–Crippen LogP) is 0.125. The van der Waals surface area contributed by atoms with Crippen molar-refractivity contribution in [3.05, 3.63) is 33.7 Å². The van der Waals surface area contributed by atoms with Gasteiger partial charge in [0.25, 0.3) is 5.91 Å². The summed E-state index contributed by atoms with van der Waals surface area (Å²) in [5, 5.41) is 13.5. The highest BCUT2D eigenvalue weighted by molar-refractivity contribution is 8.00. The molecule has 138 valence electrons. The quantitative estimate of drug-likeness (QED) is 0.580. The average Bonchev–Trinajstić information content (AvgIpc) is 3.09. The molecule has 3 rings (SSSR count). The van der Waals surface area contributed by atoms with E-state index in [9.17, 15) is 24.3 Å². The van der Waals surface area contributed by atoms with Gasteiger partial charge in [0.05, 0.1) is 6.42 Å². The minimum Gasteiger partial charge on any atom is -0.477 e. The normalized spacial score (nSPS) is 21.7. The van der Waals surface area contributed by atoms with E-state index >= 15 is 0 Å². The first kappa shape index (κ1) is 18.3. The summed E-state index contributed by atoms with van der Waals surface area (Å²) in [6.07, 6.45) is -0.860. The average molecular weight is 397 g/mol. The number of carboxylic acid groups (broad SMARTS) is 1. The number of rotatable bonds is 6. The van der Waals surface area contributed by atoms with E-state index in [-0.39, 0.29) is 36.0 Å². The van der Waals surface area contributed by atoms with Crippen molar-refractivity contribution in [1.82, 2.24) is 10.2 Å². The molecular weight excluding hydrogens is 382 g/mol. The zero-order valence-electron chi connectivity index (χ0n) is 13.3. The van der Waals surface area contributed by atoms with Crippen LogP contribution in [0.25, 0.3) is 0 Å². The Balaban J connectivity index is 1.69. The summed E-state index contributed by atoms with van der Waals surface area (Å²) in [5.41, 5.74) is 4.97. The second kappa shape index (κ2) is 7.38. The van der Waals surface area contributed by atoms with Crippen LogP contribution in [0.15, 0.2) is 28.8 Å². The number of nitrogens with two attached hydrogens (primary N) is 1. The lowest BCUT2D eigenvalue weighted by Gasteiger charge is -2.49. The van der Waals surface area contributed by atoms with Gasteiger partial charge in [-0.15, -0.1) is 23.1 Å². The van der Waals surface area contributed by atoms with Gasteiger partial charge in [-0.25, -0.2) is 9.59 Å². The second-order valence-electron chi connectivity index (χ2n) is 5.58. The number of hydrogen-bond acceptors (Lipinski definition) is 7. The smallest absolute Gasteiger partial charge is 0.404 e. The third kappa shape index (κ3) is 3.53. The first-order valence-corrected chi connectivity index (χ1v) is 9.45. The summed E-state index contributed by atoms with van der Waals surface area (Å²) >= 11 is 2.74. The highest BCUT2D eigenvalue weighted by Gasteiger charge is 2.54. The van der Waals surface area contributed by atoms with Crippen LogP contribution < -0.4 is 11.1 Å². The molecule has 2 aliphatic rings. The van der Waals surface area contributed by atoms with Crippen molar-refractivity contribution in [2.24, 2.45) is 5.73 Å². The molecule has 9 nitrogen and oxygen atoms in total. The van der Waals surface area contributed by atoms with Gasteiger partial charge in [-0.3, -0.25) is 14.5 Å². The van der Waals surface area contributed by atoms with Crippen molar-refractivity contribution in [3.63, 3.8) is 0 Å². The van der Waals surface area contributed by atoms with Gasteiger partial charge in [-0.1, -0.05) is 6.07 Å². The first-order valence-electron chi connectivity index (χ1n) is 7.52. The first-order chi connectivity index (χ1) is 12.4. The van der Waals surface area contributed by atoms with Crippen molar-refractivity contribution in [2.75, 3.05) is 12.4 Å². The predicted molar refractivity (Wildman–Crippen MR) is 93.2 cm³/mol. The SMILES string of the molecule is NC(=O)OCC1=C(C(=O)O)N2C(=O)[C@H](NC(=O)Cc3cccs3)[C@H]2SC1. The molecule has 0 bridgehead atoms. The summed E-state index contributed by atoms with van der Waals surface area (Å²) in [5.74, 6) is -1.85. The van der Waals surface area contributed by atoms with Crippen molar-refractivity contribution in [3.8, 4) is 0 Å². The van der Waals surface area contributed by atoms with Crippen LogP contribution in [0, 0.1) is 0 Å². The molecule has 0 spiro atoms. The summed E-state index contributed by atoms with van der Waals surface area (Å²) in [4.78, 5) is 48.8. The number of carboxylic acids is 1. The third-order valence-electron chi connectivity index (χ3n) is 3.87. The summed E-state index contributed by atoms with van der Waals surface area (Å²) in [7, 11) is 0. The van der Waals surface area contributed by atoms with Gasteiger partial charge < -0.3 is 20.9 Å². The molecule has 0 saturated carbocycles. The van der Waals surface area contributed by atoms with Gasteiger partial charge in [0.1, 0.15) is 23.7 Å². The molecule has 1 fully saturated rings. The van der Waals surface area contributed by atoms with Crippen molar-refractivity contribution in [2.45, 2.75) is 17.8 Å². The number of thioether (sulfide) groups is 1. The number of ether oxygens (including phenoxy) is 1. The summed E-state index contributed by atoms with van der Waals surface area (Å²) in [6, 6.07) is 2.88. The third-order valence-corrected chi connectivity index (χ3v) is 6.09. The maximum Gasteiger partial charge on any atom is 0.404 e. The fourth-order valence-electron chi connectivity index (χ4n) is 2.75. The Bertz CT molecular complexity index is 791. The van der Waals surface area contributed by atoms with E-state index in [2.05, 4.69) is 10.1 Å². The van der Waals surface area contributed by atoms with E-state index in [1.54, 1.807) is 0 Å². The van der Waals surface area contributed by atoms with Crippen LogP contribution in [0.5, 0.6) is 0 Å². The van der Waals surface area contributed by atoms with Crippen LogP contribution >= 0.6 is 23.1 Å². The Hall–Kier alpha value is -2.53. The number of carbonyl (C=O) groups is 4. The minimum atomic E-state index is -1.30. The topological polar surface area (TPSA) is 139 Å². The number of β-lactam (4-membered cyclic amide) rings is 1. The van der Waals surface area contributed by atoms with E-state index in [4.69, 9.17) is 5.73 Å². The number of hydrogen-bond donors (Lipinski definition) is 3. The van der Waals surface area contributed by atoms with Crippen LogP contribution in [-0.4, -0.2) is 57.7 Å². The van der Waals surface area contributed by atoms with Crippen LogP contribution in [-0.2, 0) is 25.5 Å². The van der Waals surface area contributed by atoms with Gasteiger partial charge >= 0.3 is 12.1 Å². The van der Waals surface area contributed by atoms with Crippen molar-refractivity contribution in [1.29, 1.82) is 0 Å². The Morgan fingerprint density at radius 2 is 2.19 bits per heavy atom. The molecule has 0 unspecified atom stereocenters. The maximum atomic E-state index is 12.4. The molecule has 0 radical (unpaired) electrons. The van der Waals surface area contributed by atoms with Crippen molar-refractivity contribution >= 4 is 47.0 Å². The molecule has 1 aromatic rings. The van der Waals surface area contributed by atoms with Crippen LogP contribution in [0.4, 0.5) is 4.79 Å². The Morgan fingerprint density at radius 1 is 1.42 bits per heavy atom. The molecule has 0 aromatic carbocycles. The fourth-order valence-corrected chi connectivity index (χ4v) is 4.78. The molecule has 26 heavy (non-hydrogen) atoms. The number of amides is 3. The molecule has 2 atom stereocenters. The van der Waals surface area contributed by atoms with E-state index in [0.717, 1.165) is 9.78 Å². The molecule has 3 heterocycles. The number of nitrogens with one attached hydrogen (secondary N) is 1. The van der Waals surface area contributed by atoms with Gasteiger partial charge in [0, 0.05) is 16.2 Å². The number of thiophene rings is 1. The molecule has 3 amide bonds. The molecule has 11 heteroatoms. The molecule has 2 aliphatic heterocycles. The lowest BCUT2D eigenvalue weighted by molar-refractivity contribution is -0.150. The van der Waals surface area contributed by atoms with Crippen molar-refractivity contribution < 1.29 is 29.0 Å². The van der Waals surface area contributed by atoms with Crippen LogP contribution in [0.2, 0.25) is 0 Å². The van der Waals surface area contributed by atoms with E-state index in [0.29, 0.717) is 0 Å². The zero-order chi connectivity index (χ0) is 18.8. The number of fused-ring (bicyclic) bond motifs is 1. The molecule has 1 saturated heterocycles.